The van der Waals surface area contributed by atoms with Gasteiger partial charge in [-0.05, 0) is 56.2 Å². The van der Waals surface area contributed by atoms with E-state index in [1.54, 1.807) is 11.3 Å². The van der Waals surface area contributed by atoms with Gasteiger partial charge in [0.15, 0.2) is 0 Å². The number of rotatable bonds is 5. The Hall–Kier alpha value is -2.38. The molecule has 0 N–H and O–H groups in total. The number of benzene rings is 1. The summed E-state index contributed by atoms with van der Waals surface area (Å²) in [7, 11) is 0. The molecule has 6 nitrogen and oxygen atoms in total. The van der Waals surface area contributed by atoms with Crippen LogP contribution in [0.3, 0.4) is 0 Å². The molecule has 1 aromatic carbocycles. The average molecular weight is 429 g/mol. The van der Waals surface area contributed by atoms with Crippen LogP contribution in [0, 0.1) is 12.8 Å². The summed E-state index contributed by atoms with van der Waals surface area (Å²) < 4.78 is 11.3. The lowest BCUT2D eigenvalue weighted by Gasteiger charge is -2.32. The predicted octanol–water partition coefficient (Wildman–Crippen LogP) is 3.46. The van der Waals surface area contributed by atoms with Crippen molar-refractivity contribution in [1.29, 1.82) is 0 Å². The summed E-state index contributed by atoms with van der Waals surface area (Å²) >= 11 is 1.55. The fraction of sp³-hybridized carbons (Fsp3) is 0.478. The number of nitrogens with zero attached hydrogens (tertiary/aromatic N) is 2. The SMILES string of the molecule is Cc1ccc(C(=O)N2CCC[C@@H](COc3ccc(C(=O)N4CCOCC4)cc3)C2)s1. The van der Waals surface area contributed by atoms with Gasteiger partial charge < -0.3 is 19.3 Å². The number of piperidine rings is 1. The number of hydrogen-bond acceptors (Lipinski definition) is 5. The minimum Gasteiger partial charge on any atom is -0.493 e. The van der Waals surface area contributed by atoms with Gasteiger partial charge in [-0.15, -0.1) is 11.3 Å². The molecule has 0 unspecified atom stereocenters. The molecule has 2 amide bonds. The van der Waals surface area contributed by atoms with Gasteiger partial charge in [0.2, 0.25) is 0 Å². The summed E-state index contributed by atoms with van der Waals surface area (Å²) in [5, 5.41) is 0. The lowest BCUT2D eigenvalue weighted by atomic mass is 9.99. The maximum Gasteiger partial charge on any atom is 0.263 e. The Morgan fingerprint density at radius 2 is 1.80 bits per heavy atom. The lowest BCUT2D eigenvalue weighted by Crippen LogP contribution is -2.41. The van der Waals surface area contributed by atoms with Crippen LogP contribution in [0.4, 0.5) is 0 Å². The number of aryl methyl sites for hydroxylation is 1. The predicted molar refractivity (Wildman–Crippen MR) is 116 cm³/mol. The molecule has 0 aliphatic carbocycles. The first kappa shape index (κ1) is 20.9. The molecule has 0 spiro atoms. The molecule has 3 heterocycles. The highest BCUT2D eigenvalue weighted by molar-refractivity contribution is 7.13. The molecular weight excluding hydrogens is 400 g/mol. The zero-order valence-electron chi connectivity index (χ0n) is 17.3. The summed E-state index contributed by atoms with van der Waals surface area (Å²) in [6.07, 6.45) is 2.05. The molecule has 0 bridgehead atoms. The first-order valence-corrected chi connectivity index (χ1v) is 11.4. The number of likely N-dealkylation sites (tertiary alicyclic amines) is 1. The third kappa shape index (κ3) is 5.02. The standard InChI is InChI=1S/C23H28N2O4S/c1-17-4-9-21(30-17)23(27)25-10-2-3-18(15-25)16-29-20-7-5-19(6-8-20)22(26)24-11-13-28-14-12-24/h4-9,18H,2-3,10-16H2,1H3/t18-/m1/s1. The maximum atomic E-state index is 12.7. The van der Waals surface area contributed by atoms with Crippen LogP contribution in [0.5, 0.6) is 5.75 Å². The molecule has 2 aliphatic heterocycles. The first-order chi connectivity index (χ1) is 14.6. The van der Waals surface area contributed by atoms with E-state index in [0.29, 0.717) is 44.4 Å². The quantitative estimate of drug-likeness (QED) is 0.732. The van der Waals surface area contributed by atoms with E-state index in [1.807, 2.05) is 53.1 Å². The summed E-state index contributed by atoms with van der Waals surface area (Å²) in [6, 6.07) is 11.3. The molecule has 7 heteroatoms. The van der Waals surface area contributed by atoms with Gasteiger partial charge in [0, 0.05) is 42.5 Å². The van der Waals surface area contributed by atoms with Crippen LogP contribution >= 0.6 is 11.3 Å². The van der Waals surface area contributed by atoms with E-state index in [1.165, 1.54) is 0 Å². The highest BCUT2D eigenvalue weighted by Gasteiger charge is 2.26. The largest absolute Gasteiger partial charge is 0.493 e. The zero-order valence-corrected chi connectivity index (χ0v) is 18.2. The van der Waals surface area contributed by atoms with E-state index in [4.69, 9.17) is 9.47 Å². The van der Waals surface area contributed by atoms with Gasteiger partial charge in [0.05, 0.1) is 24.7 Å². The van der Waals surface area contributed by atoms with E-state index in [0.717, 1.165) is 41.4 Å². The monoisotopic (exact) mass is 428 g/mol. The minimum absolute atomic E-state index is 0.0371. The van der Waals surface area contributed by atoms with Gasteiger partial charge >= 0.3 is 0 Å². The van der Waals surface area contributed by atoms with E-state index in [-0.39, 0.29) is 11.8 Å². The third-order valence-electron chi connectivity index (χ3n) is 5.64. The van der Waals surface area contributed by atoms with Crippen molar-refractivity contribution in [2.75, 3.05) is 46.0 Å². The summed E-state index contributed by atoms with van der Waals surface area (Å²) in [5.74, 6) is 1.24. The van der Waals surface area contributed by atoms with Crippen LogP contribution in [0.15, 0.2) is 36.4 Å². The number of hydrogen-bond donors (Lipinski definition) is 0. The van der Waals surface area contributed by atoms with Crippen LogP contribution in [0.25, 0.3) is 0 Å². The number of ether oxygens (including phenoxy) is 2. The van der Waals surface area contributed by atoms with Crippen molar-refractivity contribution in [2.45, 2.75) is 19.8 Å². The fourth-order valence-electron chi connectivity index (χ4n) is 3.95. The molecule has 0 saturated carbocycles. The van der Waals surface area contributed by atoms with Crippen molar-refractivity contribution >= 4 is 23.2 Å². The molecular formula is C23H28N2O4S. The number of carbonyl (C=O) groups excluding carboxylic acids is 2. The maximum absolute atomic E-state index is 12.7. The molecule has 4 rings (SSSR count). The number of thiophene rings is 1. The Bertz CT molecular complexity index is 874. The molecule has 2 aliphatic rings. The normalized spacial score (nSPS) is 19.6. The number of morpholine rings is 1. The van der Waals surface area contributed by atoms with Crippen LogP contribution in [0.1, 0.15) is 37.7 Å². The molecule has 160 valence electrons. The topological polar surface area (TPSA) is 59.1 Å². The average Bonchev–Trinajstić information content (AvgIpc) is 3.24. The second-order valence-corrected chi connectivity index (χ2v) is 9.20. The summed E-state index contributed by atoms with van der Waals surface area (Å²) in [4.78, 5) is 31.0. The van der Waals surface area contributed by atoms with Crippen LogP contribution < -0.4 is 4.74 Å². The first-order valence-electron chi connectivity index (χ1n) is 10.6. The van der Waals surface area contributed by atoms with E-state index in [2.05, 4.69) is 0 Å². The Morgan fingerprint density at radius 3 is 2.50 bits per heavy atom. The van der Waals surface area contributed by atoms with Crippen molar-refractivity contribution in [3.05, 3.63) is 51.7 Å². The van der Waals surface area contributed by atoms with Gasteiger partial charge in [-0.25, -0.2) is 0 Å². The highest BCUT2D eigenvalue weighted by atomic mass is 32.1. The van der Waals surface area contributed by atoms with Crippen LogP contribution in [-0.4, -0.2) is 67.6 Å². The summed E-state index contributed by atoms with van der Waals surface area (Å²) in [5.41, 5.74) is 0.671. The Morgan fingerprint density at radius 1 is 1.03 bits per heavy atom. The van der Waals surface area contributed by atoms with Gasteiger partial charge in [-0.3, -0.25) is 9.59 Å². The number of amides is 2. The molecule has 30 heavy (non-hydrogen) atoms. The fourth-order valence-corrected chi connectivity index (χ4v) is 4.78. The van der Waals surface area contributed by atoms with Crippen molar-refractivity contribution in [3.63, 3.8) is 0 Å². The lowest BCUT2D eigenvalue weighted by molar-refractivity contribution is 0.0303. The van der Waals surface area contributed by atoms with Crippen molar-refractivity contribution < 1.29 is 19.1 Å². The smallest absolute Gasteiger partial charge is 0.263 e. The van der Waals surface area contributed by atoms with Crippen LogP contribution in [-0.2, 0) is 4.74 Å². The van der Waals surface area contributed by atoms with E-state index < -0.39 is 0 Å². The molecule has 1 atom stereocenters. The molecule has 1 aromatic heterocycles. The highest BCUT2D eigenvalue weighted by Crippen LogP contribution is 2.23. The van der Waals surface area contributed by atoms with Crippen molar-refractivity contribution in [3.8, 4) is 5.75 Å². The second-order valence-electron chi connectivity index (χ2n) is 7.91. The summed E-state index contributed by atoms with van der Waals surface area (Å²) in [6.45, 7) is 6.60. The third-order valence-corrected chi connectivity index (χ3v) is 6.63. The molecule has 0 radical (unpaired) electrons. The zero-order chi connectivity index (χ0) is 20.9. The Labute approximate surface area is 181 Å². The Kier molecular flexibility index (Phi) is 6.69. The minimum atomic E-state index is 0.0371. The van der Waals surface area contributed by atoms with Gasteiger partial charge in [-0.1, -0.05) is 0 Å². The van der Waals surface area contributed by atoms with Crippen molar-refractivity contribution in [2.24, 2.45) is 5.92 Å². The van der Waals surface area contributed by atoms with E-state index in [9.17, 15) is 9.59 Å². The van der Waals surface area contributed by atoms with Gasteiger partial charge in [0.1, 0.15) is 5.75 Å². The van der Waals surface area contributed by atoms with Crippen LogP contribution in [0.2, 0.25) is 0 Å². The van der Waals surface area contributed by atoms with Gasteiger partial charge in [-0.2, -0.15) is 0 Å². The molecule has 2 aromatic rings. The molecule has 2 fully saturated rings. The van der Waals surface area contributed by atoms with E-state index >= 15 is 0 Å². The molecule has 2 saturated heterocycles. The second kappa shape index (κ2) is 9.62. The van der Waals surface area contributed by atoms with Gasteiger partial charge in [0.25, 0.3) is 11.8 Å². The number of carbonyl (C=O) groups is 2. The Balaban J connectivity index is 1.28. The van der Waals surface area contributed by atoms with Crippen molar-refractivity contribution in [1.82, 2.24) is 9.80 Å².